The van der Waals surface area contributed by atoms with Crippen molar-refractivity contribution in [1.29, 1.82) is 0 Å². The first-order valence-corrected chi connectivity index (χ1v) is 19.3. The molecule has 0 amide bonds. The normalized spacial score (nSPS) is 12.1. The summed E-state index contributed by atoms with van der Waals surface area (Å²) in [6.45, 7) is 0. The van der Waals surface area contributed by atoms with Gasteiger partial charge < -0.3 is 4.90 Å². The summed E-state index contributed by atoms with van der Waals surface area (Å²) in [5.74, 6) is 0. The van der Waals surface area contributed by atoms with Gasteiger partial charge in [-0.2, -0.15) is 0 Å². The summed E-state index contributed by atoms with van der Waals surface area (Å²) in [4.78, 5) is 1.93. The van der Waals surface area contributed by atoms with Crippen LogP contribution >= 0.6 is 0 Å². The van der Waals surface area contributed by atoms with Crippen molar-refractivity contribution in [2.24, 2.45) is 0 Å². The van der Waals surface area contributed by atoms with E-state index >= 15 is 0 Å². The first-order chi connectivity index (χ1) is 30.0. The van der Waals surface area contributed by atoms with Crippen molar-refractivity contribution in [3.05, 3.63) is 236 Å². The molecule has 0 saturated carbocycles. The minimum absolute atomic E-state index is 0.0998. The number of anilines is 3. The maximum absolute atomic E-state index is 9.83. The fraction of sp³-hybridized carbons (Fsp3) is 0. The molecule has 0 aliphatic heterocycles. The third kappa shape index (κ3) is 6.46. The highest BCUT2D eigenvalue weighted by molar-refractivity contribution is 6.01. The number of rotatable bonds is 8. The number of hydrogen-bond acceptors (Lipinski definition) is 1. The molecule has 0 aromatic heterocycles. The highest BCUT2D eigenvalue weighted by Gasteiger charge is 2.21. The van der Waals surface area contributed by atoms with Crippen molar-refractivity contribution >= 4 is 38.6 Å². The maximum Gasteiger partial charge on any atom is 0.0645 e. The fourth-order valence-corrected chi connectivity index (χ4v) is 8.11. The van der Waals surface area contributed by atoms with Gasteiger partial charge in [-0.25, -0.2) is 0 Å². The Bertz CT molecular complexity index is 3230. The Morgan fingerprint density at radius 2 is 0.719 bits per heavy atom. The molecular formula is C56H39N. The molecule has 10 aromatic carbocycles. The summed E-state index contributed by atoms with van der Waals surface area (Å²) in [6, 6.07) is 71.3. The van der Waals surface area contributed by atoms with E-state index in [0.29, 0.717) is 11.3 Å². The van der Waals surface area contributed by atoms with Crippen molar-refractivity contribution in [2.75, 3.05) is 4.90 Å². The average molecular weight is 730 g/mol. The molecule has 268 valence electrons. The van der Waals surface area contributed by atoms with E-state index in [1.165, 1.54) is 0 Å². The van der Waals surface area contributed by atoms with Crippen LogP contribution in [0.4, 0.5) is 17.1 Å². The molecular weight excluding hydrogens is 687 g/mol. The first kappa shape index (κ1) is 29.8. The third-order valence-corrected chi connectivity index (χ3v) is 10.8. The van der Waals surface area contributed by atoms with Gasteiger partial charge >= 0.3 is 0 Å². The highest BCUT2D eigenvalue weighted by atomic mass is 15.1. The van der Waals surface area contributed by atoms with E-state index in [1.807, 2.05) is 102 Å². The minimum Gasteiger partial charge on any atom is -0.310 e. The van der Waals surface area contributed by atoms with Gasteiger partial charge in [-0.05, 0) is 102 Å². The van der Waals surface area contributed by atoms with Crippen LogP contribution in [0.5, 0.6) is 0 Å². The van der Waals surface area contributed by atoms with Gasteiger partial charge in [0, 0.05) is 16.9 Å². The minimum atomic E-state index is -0.128. The molecule has 10 aromatic rings. The van der Waals surface area contributed by atoms with Crippen molar-refractivity contribution in [3.63, 3.8) is 0 Å². The second-order valence-corrected chi connectivity index (χ2v) is 14.1. The Morgan fingerprint density at radius 1 is 0.281 bits per heavy atom. The zero-order valence-electron chi connectivity index (χ0n) is 35.2. The van der Waals surface area contributed by atoms with E-state index in [1.54, 1.807) is 0 Å². The molecule has 1 nitrogen and oxygen atoms in total. The van der Waals surface area contributed by atoms with E-state index < -0.39 is 0 Å². The predicted molar refractivity (Wildman–Crippen MR) is 243 cm³/mol. The lowest BCUT2D eigenvalue weighted by molar-refractivity contribution is 1.28. The quantitative estimate of drug-likeness (QED) is 0.151. The molecule has 0 saturated heterocycles. The van der Waals surface area contributed by atoms with Gasteiger partial charge in [-0.1, -0.05) is 206 Å². The standard InChI is InChI=1S/C56H39N/c1-2-17-40(18-3-1)50-27-8-9-28-52(50)53-29-10-11-30-54(53)55-31-12-13-34-56(55)57(45-37-35-43(36-38-45)49-32-15-21-41-19-4-6-25-47(41)49)46-24-14-23-44(39-46)51-33-16-22-42-20-5-7-26-48(42)51/h1-39H/i35D,36D,37D,38D. The molecule has 0 atom stereocenters. The van der Waals surface area contributed by atoms with Gasteiger partial charge in [0.15, 0.2) is 0 Å². The van der Waals surface area contributed by atoms with E-state index in [0.717, 1.165) is 71.7 Å². The average Bonchev–Trinajstić information content (AvgIpc) is 3.32. The van der Waals surface area contributed by atoms with Crippen molar-refractivity contribution in [1.82, 2.24) is 0 Å². The zero-order chi connectivity index (χ0) is 41.5. The van der Waals surface area contributed by atoms with Crippen LogP contribution in [0.2, 0.25) is 0 Å². The highest BCUT2D eigenvalue weighted by Crippen LogP contribution is 2.46. The Hall–Kier alpha value is -7.48. The van der Waals surface area contributed by atoms with Crippen LogP contribution in [0.3, 0.4) is 0 Å². The molecule has 0 fully saturated rings. The molecule has 1 heteroatoms. The van der Waals surface area contributed by atoms with Crippen molar-refractivity contribution in [3.8, 4) is 55.6 Å². The number of benzene rings is 10. The lowest BCUT2D eigenvalue weighted by atomic mass is 9.88. The van der Waals surface area contributed by atoms with Gasteiger partial charge in [-0.3, -0.25) is 0 Å². The van der Waals surface area contributed by atoms with Crippen LogP contribution in [0.1, 0.15) is 5.48 Å². The Morgan fingerprint density at radius 3 is 1.39 bits per heavy atom. The number of fused-ring (bicyclic) bond motifs is 2. The molecule has 0 N–H and O–H groups in total. The summed E-state index contributed by atoms with van der Waals surface area (Å²) in [6.07, 6.45) is 0. The van der Waals surface area contributed by atoms with Crippen LogP contribution in [-0.4, -0.2) is 0 Å². The van der Waals surface area contributed by atoms with E-state index in [-0.39, 0.29) is 35.4 Å². The molecule has 0 radical (unpaired) electrons. The van der Waals surface area contributed by atoms with E-state index in [4.69, 9.17) is 0 Å². The van der Waals surface area contributed by atoms with E-state index in [9.17, 15) is 5.48 Å². The molecule has 0 bridgehead atoms. The summed E-state index contributed by atoms with van der Waals surface area (Å²) in [5, 5.41) is 4.08. The second-order valence-electron chi connectivity index (χ2n) is 14.1. The SMILES string of the molecule is [2H]c1c([2H])c(N(c2cccc(-c3cccc4ccccc34)c2)c2ccccc2-c2ccccc2-c2ccccc2-c2ccccc2)c([2H])c([2H])c1-c1cccc2ccccc12. The summed E-state index contributed by atoms with van der Waals surface area (Å²) >= 11 is 0. The lowest BCUT2D eigenvalue weighted by Gasteiger charge is -2.29. The van der Waals surface area contributed by atoms with Crippen LogP contribution in [0.15, 0.2) is 236 Å². The first-order valence-electron chi connectivity index (χ1n) is 21.3. The molecule has 0 heterocycles. The van der Waals surface area contributed by atoms with Gasteiger partial charge in [0.25, 0.3) is 0 Å². The molecule has 10 rings (SSSR count). The summed E-state index contributed by atoms with van der Waals surface area (Å²) in [7, 11) is 0. The van der Waals surface area contributed by atoms with Gasteiger partial charge in [0.2, 0.25) is 0 Å². The third-order valence-electron chi connectivity index (χ3n) is 10.8. The van der Waals surface area contributed by atoms with Gasteiger partial charge in [-0.15, -0.1) is 0 Å². The van der Waals surface area contributed by atoms with Crippen LogP contribution in [0.25, 0.3) is 77.2 Å². The van der Waals surface area contributed by atoms with Crippen molar-refractivity contribution in [2.45, 2.75) is 0 Å². The monoisotopic (exact) mass is 729 g/mol. The molecule has 0 aliphatic rings. The number of para-hydroxylation sites is 1. The Balaban J connectivity index is 1.24. The van der Waals surface area contributed by atoms with Crippen LogP contribution < -0.4 is 4.90 Å². The van der Waals surface area contributed by atoms with Crippen LogP contribution in [0, 0.1) is 0 Å². The van der Waals surface area contributed by atoms with Gasteiger partial charge in [0.1, 0.15) is 0 Å². The second kappa shape index (κ2) is 15.0. The number of hydrogen-bond donors (Lipinski definition) is 0. The van der Waals surface area contributed by atoms with Crippen molar-refractivity contribution < 1.29 is 5.48 Å². The molecule has 0 spiro atoms. The Labute approximate surface area is 340 Å². The largest absolute Gasteiger partial charge is 0.310 e. The Kier molecular flexibility index (Phi) is 7.84. The van der Waals surface area contributed by atoms with Gasteiger partial charge in [0.05, 0.1) is 11.2 Å². The molecule has 57 heavy (non-hydrogen) atoms. The number of nitrogens with zero attached hydrogens (tertiary/aromatic N) is 1. The molecule has 0 aliphatic carbocycles. The summed E-state index contributed by atoms with van der Waals surface area (Å²) in [5.41, 5.74) is 10.7. The fourth-order valence-electron chi connectivity index (χ4n) is 8.11. The smallest absolute Gasteiger partial charge is 0.0645 e. The van der Waals surface area contributed by atoms with E-state index in [2.05, 4.69) is 115 Å². The molecule has 0 unspecified atom stereocenters. The lowest BCUT2D eigenvalue weighted by Crippen LogP contribution is -2.11. The summed E-state index contributed by atoms with van der Waals surface area (Å²) < 4.78 is 38.9. The topological polar surface area (TPSA) is 3.24 Å². The predicted octanol–water partition coefficient (Wildman–Crippen LogP) is 15.8. The zero-order valence-corrected chi connectivity index (χ0v) is 31.2. The van der Waals surface area contributed by atoms with Crippen LogP contribution in [-0.2, 0) is 0 Å². The maximum atomic E-state index is 9.83.